The first-order valence-electron chi connectivity index (χ1n) is 7.96. The van der Waals surface area contributed by atoms with E-state index in [1.165, 1.54) is 11.5 Å². The van der Waals surface area contributed by atoms with E-state index >= 15 is 0 Å². The third-order valence-corrected chi connectivity index (χ3v) is 6.63. The Hall–Kier alpha value is -2.28. The number of hydrogen-bond acceptors (Lipinski definition) is 3. The van der Waals surface area contributed by atoms with Crippen LogP contribution in [0.25, 0.3) is 16.5 Å². The Morgan fingerprint density at radius 3 is 2.48 bits per heavy atom. The summed E-state index contributed by atoms with van der Waals surface area (Å²) in [4.78, 5) is 11.5. The second kappa shape index (κ2) is 6.12. The van der Waals surface area contributed by atoms with Crippen molar-refractivity contribution in [2.24, 2.45) is 0 Å². The largest absolute Gasteiger partial charge is 0.480 e. The number of aliphatic carboxylic acids is 1. The van der Waals surface area contributed by atoms with Gasteiger partial charge in [-0.25, -0.2) is 8.42 Å². The molecule has 0 fully saturated rings. The summed E-state index contributed by atoms with van der Waals surface area (Å²) < 4.78 is 26.9. The Bertz CT molecular complexity index is 1270. The van der Waals surface area contributed by atoms with Crippen molar-refractivity contribution < 1.29 is 18.3 Å². The van der Waals surface area contributed by atoms with Gasteiger partial charge >= 0.3 is 5.97 Å². The van der Waals surface area contributed by atoms with Crippen molar-refractivity contribution in [3.8, 4) is 0 Å². The molecule has 4 rings (SSSR count). The zero-order chi connectivity index (χ0) is 19.5. The van der Waals surface area contributed by atoms with Crippen LogP contribution < -0.4 is 0 Å². The molecule has 0 spiro atoms. The number of benzene rings is 2. The number of fused-ring (bicyclic) bond motifs is 2. The van der Waals surface area contributed by atoms with Gasteiger partial charge in [-0.3, -0.25) is 4.79 Å². The lowest BCUT2D eigenvalue weighted by molar-refractivity contribution is -0.137. The van der Waals surface area contributed by atoms with Gasteiger partial charge in [-0.05, 0) is 31.2 Å². The highest BCUT2D eigenvalue weighted by atomic mass is 35.5. The number of rotatable bonds is 3. The minimum absolute atomic E-state index is 0.150. The molecule has 0 bridgehead atoms. The van der Waals surface area contributed by atoms with Crippen molar-refractivity contribution >= 4 is 55.5 Å². The van der Waals surface area contributed by atoms with Crippen molar-refractivity contribution in [1.82, 2.24) is 4.57 Å². The molecule has 3 aromatic rings. The summed E-state index contributed by atoms with van der Waals surface area (Å²) in [6.45, 7) is 1.52. The number of sulfone groups is 1. The lowest BCUT2D eigenvalue weighted by Crippen LogP contribution is -2.10. The van der Waals surface area contributed by atoms with E-state index < -0.39 is 15.8 Å². The third-order valence-electron chi connectivity index (χ3n) is 4.66. The quantitative estimate of drug-likeness (QED) is 0.674. The molecule has 1 N–H and O–H groups in total. The summed E-state index contributed by atoms with van der Waals surface area (Å²) in [5, 5.41) is 12.1. The van der Waals surface area contributed by atoms with Crippen LogP contribution in [0.2, 0.25) is 10.0 Å². The van der Waals surface area contributed by atoms with Crippen LogP contribution in [0.5, 0.6) is 0 Å². The molecular formula is C19H13Cl2NO4S. The lowest BCUT2D eigenvalue weighted by atomic mass is 9.97. The molecular weight excluding hydrogens is 409 g/mol. The van der Waals surface area contributed by atoms with E-state index in [0.717, 1.165) is 5.39 Å². The fraction of sp³-hybridized carbons (Fsp3) is 0.105. The Kier molecular flexibility index (Phi) is 4.10. The molecule has 1 aromatic heterocycles. The van der Waals surface area contributed by atoms with Gasteiger partial charge < -0.3 is 9.67 Å². The molecule has 138 valence electrons. The third kappa shape index (κ3) is 2.84. The normalized spacial score (nSPS) is 15.0. The predicted octanol–water partition coefficient (Wildman–Crippen LogP) is 4.52. The maximum atomic E-state index is 12.6. The van der Waals surface area contributed by atoms with E-state index in [-0.39, 0.29) is 11.4 Å². The molecule has 0 radical (unpaired) electrons. The summed E-state index contributed by atoms with van der Waals surface area (Å²) in [5.74, 6) is -0.998. The minimum atomic E-state index is -3.63. The van der Waals surface area contributed by atoms with E-state index in [1.807, 2.05) is 0 Å². The van der Waals surface area contributed by atoms with Crippen molar-refractivity contribution in [1.29, 1.82) is 0 Å². The van der Waals surface area contributed by atoms with Crippen LogP contribution in [0.1, 0.15) is 16.8 Å². The van der Waals surface area contributed by atoms with Gasteiger partial charge in [0.2, 0.25) is 9.84 Å². The maximum absolute atomic E-state index is 12.6. The van der Waals surface area contributed by atoms with Gasteiger partial charge in [-0.2, -0.15) is 0 Å². The Balaban J connectivity index is 2.07. The molecule has 1 aliphatic heterocycles. The first kappa shape index (κ1) is 18.1. The molecule has 1 aliphatic rings. The van der Waals surface area contributed by atoms with Gasteiger partial charge in [0.25, 0.3) is 0 Å². The Morgan fingerprint density at radius 2 is 1.78 bits per heavy atom. The highest BCUT2D eigenvalue weighted by Crippen LogP contribution is 2.43. The molecule has 8 heteroatoms. The number of aromatic nitrogens is 1. The monoisotopic (exact) mass is 421 g/mol. The SMILES string of the molecule is Cc1c(C2=CS(=O)(=O)c3cc(Cl)ccc32)c2ccc(Cl)cc2n1CC(=O)O. The van der Waals surface area contributed by atoms with Gasteiger partial charge in [-0.1, -0.05) is 35.3 Å². The molecule has 0 unspecified atom stereocenters. The number of halogens is 2. The Morgan fingerprint density at radius 1 is 1.11 bits per heavy atom. The molecule has 2 heterocycles. The van der Waals surface area contributed by atoms with E-state index in [1.54, 1.807) is 41.8 Å². The number of nitrogens with zero attached hydrogens (tertiary/aromatic N) is 1. The van der Waals surface area contributed by atoms with Crippen molar-refractivity contribution in [3.63, 3.8) is 0 Å². The van der Waals surface area contributed by atoms with Crippen LogP contribution in [-0.2, 0) is 21.2 Å². The summed E-state index contributed by atoms with van der Waals surface area (Å²) in [5.41, 5.74) is 3.03. The summed E-state index contributed by atoms with van der Waals surface area (Å²) in [6, 6.07) is 9.90. The van der Waals surface area contributed by atoms with E-state index in [9.17, 15) is 18.3 Å². The van der Waals surface area contributed by atoms with Crippen LogP contribution in [0.15, 0.2) is 46.7 Å². The first-order valence-corrected chi connectivity index (χ1v) is 10.3. The predicted molar refractivity (Wildman–Crippen MR) is 105 cm³/mol. The highest BCUT2D eigenvalue weighted by Gasteiger charge is 2.31. The van der Waals surface area contributed by atoms with Gasteiger partial charge in [0, 0.05) is 43.2 Å². The van der Waals surface area contributed by atoms with E-state index in [0.29, 0.717) is 38.0 Å². The second-order valence-electron chi connectivity index (χ2n) is 6.32. The maximum Gasteiger partial charge on any atom is 0.323 e. The highest BCUT2D eigenvalue weighted by molar-refractivity contribution is 7.95. The average Bonchev–Trinajstić information content (AvgIpc) is 2.99. The fourth-order valence-electron chi connectivity index (χ4n) is 3.56. The first-order chi connectivity index (χ1) is 12.7. The molecule has 0 amide bonds. The van der Waals surface area contributed by atoms with Crippen molar-refractivity contribution in [2.45, 2.75) is 18.4 Å². The van der Waals surface area contributed by atoms with Crippen molar-refractivity contribution in [3.05, 3.63) is 68.7 Å². The average molecular weight is 422 g/mol. The van der Waals surface area contributed by atoms with Gasteiger partial charge in [0.05, 0.1) is 10.4 Å². The summed E-state index contributed by atoms with van der Waals surface area (Å²) in [7, 11) is -3.63. The van der Waals surface area contributed by atoms with Crippen LogP contribution in [0.4, 0.5) is 0 Å². The molecule has 5 nitrogen and oxygen atoms in total. The molecule has 0 saturated carbocycles. The second-order valence-corrected chi connectivity index (χ2v) is 8.96. The van der Waals surface area contributed by atoms with Crippen LogP contribution in [-0.4, -0.2) is 24.1 Å². The number of carbonyl (C=O) groups is 1. The summed E-state index contributed by atoms with van der Waals surface area (Å²) in [6.07, 6.45) is 0. The number of carboxylic acids is 1. The molecule has 0 aliphatic carbocycles. The smallest absolute Gasteiger partial charge is 0.323 e. The Labute approximate surface area is 165 Å². The van der Waals surface area contributed by atoms with Gasteiger partial charge in [0.15, 0.2) is 0 Å². The molecule has 2 aromatic carbocycles. The van der Waals surface area contributed by atoms with E-state index in [2.05, 4.69) is 0 Å². The van der Waals surface area contributed by atoms with Crippen molar-refractivity contribution in [2.75, 3.05) is 0 Å². The standard InChI is InChI=1S/C19H13Cl2NO4S/c1-10-19(14-5-3-11(20)6-16(14)22(10)8-18(23)24)15-9-27(25,26)17-7-12(21)2-4-13(15)17/h2-7,9H,8H2,1H3,(H,23,24). The number of carboxylic acid groups (broad SMARTS) is 1. The lowest BCUT2D eigenvalue weighted by Gasteiger charge is -2.07. The van der Waals surface area contributed by atoms with Gasteiger partial charge in [0.1, 0.15) is 6.54 Å². The zero-order valence-electron chi connectivity index (χ0n) is 14.0. The van der Waals surface area contributed by atoms with E-state index in [4.69, 9.17) is 23.2 Å². The minimum Gasteiger partial charge on any atom is -0.480 e. The fourth-order valence-corrected chi connectivity index (χ4v) is 5.42. The topological polar surface area (TPSA) is 76.4 Å². The van der Waals surface area contributed by atoms with Gasteiger partial charge in [-0.15, -0.1) is 0 Å². The molecule has 27 heavy (non-hydrogen) atoms. The molecule has 0 saturated heterocycles. The summed E-state index contributed by atoms with van der Waals surface area (Å²) >= 11 is 12.1. The van der Waals surface area contributed by atoms with Crippen LogP contribution in [0, 0.1) is 6.92 Å². The number of hydrogen-bond donors (Lipinski definition) is 1. The zero-order valence-corrected chi connectivity index (χ0v) is 16.4. The van der Waals surface area contributed by atoms with Crippen LogP contribution >= 0.6 is 23.2 Å². The molecule has 0 atom stereocenters. The van der Waals surface area contributed by atoms with Crippen LogP contribution in [0.3, 0.4) is 0 Å².